The number of aromatic nitrogens is 4. The Morgan fingerprint density at radius 3 is 2.38 bits per heavy atom. The van der Waals surface area contributed by atoms with Crippen LogP contribution in [0.2, 0.25) is 0 Å². The van der Waals surface area contributed by atoms with E-state index in [1.54, 1.807) is 4.68 Å². The van der Waals surface area contributed by atoms with Crippen LogP contribution in [0, 0.1) is 19.8 Å². The van der Waals surface area contributed by atoms with Crippen molar-refractivity contribution < 1.29 is 14.3 Å². The number of hydrogen-bond donors (Lipinski definition) is 1. The van der Waals surface area contributed by atoms with Gasteiger partial charge in [0.15, 0.2) is 23.1 Å². The molecule has 0 aliphatic carbocycles. The fourth-order valence-corrected chi connectivity index (χ4v) is 4.20. The number of fused-ring (bicyclic) bond motifs is 1. The molecule has 2 aliphatic heterocycles. The second-order valence-corrected chi connectivity index (χ2v) is 8.20. The van der Waals surface area contributed by atoms with Crippen molar-refractivity contribution in [2.24, 2.45) is 5.92 Å². The number of nitrogens with one attached hydrogen (secondary N) is 1. The average Bonchev–Trinajstić information content (AvgIpc) is 3.17. The number of amides is 1. The number of piperidine rings is 1. The first kappa shape index (κ1) is 20.3. The molecule has 5 rings (SSSR count). The summed E-state index contributed by atoms with van der Waals surface area (Å²) in [5, 5.41) is 16.2. The van der Waals surface area contributed by atoms with Crippen LogP contribution in [0.1, 0.15) is 24.2 Å². The van der Waals surface area contributed by atoms with E-state index in [0.717, 1.165) is 48.8 Å². The van der Waals surface area contributed by atoms with Crippen LogP contribution >= 0.6 is 0 Å². The standard InChI is InChI=1S/C23H26N6O3/c1-15-13-16(2)29(27-15)22-6-5-21(25-26-22)28-9-7-17(8-10-28)23(30)24-18-3-4-19-20(14-18)32-12-11-31-19/h3-6,13-14,17H,7-12H2,1-2H3,(H,24,30). The second kappa shape index (κ2) is 8.49. The van der Waals surface area contributed by atoms with Crippen molar-refractivity contribution in [3.8, 4) is 17.3 Å². The topological polar surface area (TPSA) is 94.4 Å². The van der Waals surface area contributed by atoms with Crippen LogP contribution in [0.25, 0.3) is 5.82 Å². The Morgan fingerprint density at radius 2 is 1.69 bits per heavy atom. The van der Waals surface area contributed by atoms with Crippen LogP contribution in [0.4, 0.5) is 11.5 Å². The van der Waals surface area contributed by atoms with Crippen LogP contribution in [-0.2, 0) is 4.79 Å². The van der Waals surface area contributed by atoms with E-state index >= 15 is 0 Å². The molecular formula is C23H26N6O3. The first-order chi connectivity index (χ1) is 15.6. The summed E-state index contributed by atoms with van der Waals surface area (Å²) in [5.41, 5.74) is 2.70. The van der Waals surface area contributed by atoms with E-state index in [2.05, 4.69) is 25.5 Å². The number of anilines is 2. The van der Waals surface area contributed by atoms with E-state index in [1.807, 2.05) is 50.2 Å². The van der Waals surface area contributed by atoms with Crippen molar-refractivity contribution >= 4 is 17.4 Å². The predicted molar refractivity (Wildman–Crippen MR) is 120 cm³/mol. The molecule has 0 spiro atoms. The van der Waals surface area contributed by atoms with Crippen molar-refractivity contribution in [2.45, 2.75) is 26.7 Å². The SMILES string of the molecule is Cc1cc(C)n(-c2ccc(N3CCC(C(=O)Nc4ccc5c(c4)OCCO5)CC3)nn2)n1. The summed E-state index contributed by atoms with van der Waals surface area (Å²) in [6.45, 7) is 6.54. The largest absolute Gasteiger partial charge is 0.486 e. The molecule has 2 aliphatic rings. The normalized spacial score (nSPS) is 16.1. The predicted octanol–water partition coefficient (Wildman–Crippen LogP) is 2.91. The van der Waals surface area contributed by atoms with Crippen molar-refractivity contribution in [2.75, 3.05) is 36.5 Å². The monoisotopic (exact) mass is 434 g/mol. The lowest BCUT2D eigenvalue weighted by atomic mass is 9.96. The molecule has 32 heavy (non-hydrogen) atoms. The second-order valence-electron chi connectivity index (χ2n) is 8.20. The molecule has 0 atom stereocenters. The Kier molecular flexibility index (Phi) is 5.38. The molecule has 4 heterocycles. The number of rotatable bonds is 4. The van der Waals surface area contributed by atoms with Gasteiger partial charge >= 0.3 is 0 Å². The number of aryl methyl sites for hydroxylation is 2. The van der Waals surface area contributed by atoms with Gasteiger partial charge in [-0.05, 0) is 57.0 Å². The van der Waals surface area contributed by atoms with Crippen molar-refractivity contribution in [3.63, 3.8) is 0 Å². The van der Waals surface area contributed by atoms with Crippen molar-refractivity contribution in [1.29, 1.82) is 0 Å². The highest BCUT2D eigenvalue weighted by molar-refractivity contribution is 5.93. The maximum atomic E-state index is 12.8. The highest BCUT2D eigenvalue weighted by atomic mass is 16.6. The Morgan fingerprint density at radius 1 is 0.969 bits per heavy atom. The Balaban J connectivity index is 1.18. The third-order valence-corrected chi connectivity index (χ3v) is 5.86. The number of hydrogen-bond acceptors (Lipinski definition) is 7. The minimum Gasteiger partial charge on any atom is -0.486 e. The van der Waals surface area contributed by atoms with Gasteiger partial charge in [-0.1, -0.05) is 0 Å². The van der Waals surface area contributed by atoms with Gasteiger partial charge in [0, 0.05) is 36.5 Å². The first-order valence-corrected chi connectivity index (χ1v) is 10.9. The fraction of sp³-hybridized carbons (Fsp3) is 0.391. The van der Waals surface area contributed by atoms with Crippen LogP contribution in [-0.4, -0.2) is 52.2 Å². The summed E-state index contributed by atoms with van der Waals surface area (Å²) in [4.78, 5) is 14.9. The summed E-state index contributed by atoms with van der Waals surface area (Å²) in [6, 6.07) is 11.4. The van der Waals surface area contributed by atoms with E-state index in [0.29, 0.717) is 30.5 Å². The van der Waals surface area contributed by atoms with Crippen molar-refractivity contribution in [3.05, 3.63) is 47.8 Å². The molecular weight excluding hydrogens is 408 g/mol. The molecule has 166 valence electrons. The quantitative estimate of drug-likeness (QED) is 0.675. The summed E-state index contributed by atoms with van der Waals surface area (Å²) in [6.07, 6.45) is 1.52. The molecule has 0 bridgehead atoms. The maximum Gasteiger partial charge on any atom is 0.227 e. The number of benzene rings is 1. The van der Waals surface area contributed by atoms with E-state index in [4.69, 9.17) is 9.47 Å². The van der Waals surface area contributed by atoms with Crippen molar-refractivity contribution in [1.82, 2.24) is 20.0 Å². The molecule has 9 nitrogen and oxygen atoms in total. The van der Waals surface area contributed by atoms with Gasteiger partial charge in [-0.15, -0.1) is 10.2 Å². The van der Waals surface area contributed by atoms with Gasteiger partial charge in [-0.25, -0.2) is 4.68 Å². The van der Waals surface area contributed by atoms with Gasteiger partial charge in [-0.2, -0.15) is 5.10 Å². The summed E-state index contributed by atoms with van der Waals surface area (Å²) in [7, 11) is 0. The zero-order valence-electron chi connectivity index (χ0n) is 18.2. The number of nitrogens with zero attached hydrogens (tertiary/aromatic N) is 5. The molecule has 0 saturated carbocycles. The summed E-state index contributed by atoms with van der Waals surface area (Å²) < 4.78 is 12.9. The molecule has 3 aromatic rings. The van der Waals surface area contributed by atoms with E-state index < -0.39 is 0 Å². The van der Waals surface area contributed by atoms with Crippen LogP contribution < -0.4 is 19.7 Å². The highest BCUT2D eigenvalue weighted by Gasteiger charge is 2.26. The molecule has 9 heteroatoms. The van der Waals surface area contributed by atoms with Crippen LogP contribution in [0.15, 0.2) is 36.4 Å². The molecule has 1 saturated heterocycles. The van der Waals surface area contributed by atoms with Gasteiger partial charge in [0.25, 0.3) is 0 Å². The molecule has 2 aromatic heterocycles. The Labute approximate surface area is 186 Å². The molecule has 0 radical (unpaired) electrons. The zero-order chi connectivity index (χ0) is 22.1. The third-order valence-electron chi connectivity index (χ3n) is 5.86. The lowest BCUT2D eigenvalue weighted by Gasteiger charge is -2.31. The highest BCUT2D eigenvalue weighted by Crippen LogP contribution is 2.33. The first-order valence-electron chi connectivity index (χ1n) is 10.9. The Bertz CT molecular complexity index is 1120. The molecule has 0 unspecified atom stereocenters. The average molecular weight is 435 g/mol. The summed E-state index contributed by atoms with van der Waals surface area (Å²) >= 11 is 0. The maximum absolute atomic E-state index is 12.8. The van der Waals surface area contributed by atoms with E-state index in [-0.39, 0.29) is 11.8 Å². The third kappa shape index (κ3) is 4.10. The molecule has 1 N–H and O–H groups in total. The lowest BCUT2D eigenvalue weighted by molar-refractivity contribution is -0.120. The fourth-order valence-electron chi connectivity index (χ4n) is 4.20. The molecule has 1 amide bonds. The van der Waals surface area contributed by atoms with Gasteiger partial charge in [0.1, 0.15) is 13.2 Å². The molecule has 1 aromatic carbocycles. The number of carbonyl (C=O) groups excluding carboxylic acids is 1. The smallest absolute Gasteiger partial charge is 0.227 e. The van der Waals surface area contributed by atoms with Crippen LogP contribution in [0.5, 0.6) is 11.5 Å². The number of ether oxygens (including phenoxy) is 2. The van der Waals surface area contributed by atoms with E-state index in [9.17, 15) is 4.79 Å². The lowest BCUT2D eigenvalue weighted by Crippen LogP contribution is -2.38. The van der Waals surface area contributed by atoms with Gasteiger partial charge in [0.05, 0.1) is 5.69 Å². The van der Waals surface area contributed by atoms with Gasteiger partial charge in [0.2, 0.25) is 5.91 Å². The minimum absolute atomic E-state index is 0.0345. The minimum atomic E-state index is -0.0404. The van der Waals surface area contributed by atoms with E-state index in [1.165, 1.54) is 0 Å². The summed E-state index contributed by atoms with van der Waals surface area (Å²) in [5.74, 6) is 2.90. The number of carbonyl (C=O) groups is 1. The van der Waals surface area contributed by atoms with Gasteiger partial charge < -0.3 is 19.7 Å². The van der Waals surface area contributed by atoms with Gasteiger partial charge in [-0.3, -0.25) is 4.79 Å². The Hall–Kier alpha value is -3.62. The van der Waals surface area contributed by atoms with Crippen LogP contribution in [0.3, 0.4) is 0 Å². The molecule has 1 fully saturated rings. The zero-order valence-corrected chi connectivity index (χ0v) is 18.2.